The largest absolute Gasteiger partial charge is 0.370 e. The van der Waals surface area contributed by atoms with Crippen molar-refractivity contribution in [3.05, 3.63) is 65.5 Å². The Bertz CT molecular complexity index is 990. The van der Waals surface area contributed by atoms with E-state index in [4.69, 9.17) is 5.73 Å². The number of hydrogen-bond donors (Lipinski definition) is 2. The highest BCUT2D eigenvalue weighted by Gasteiger charge is 2.15. The standard InChI is InChI=1S/C20H18F2N4O2S/c21-14-3-1-13(2-4-14)17-12-29-20(24-17)25-19(28)11-26(10-9-18(23)27)16-7-5-15(22)6-8-16/h1-8,12H,9-11H2,(H2,23,27)(H,24,25,28). The first-order chi connectivity index (χ1) is 13.9. The number of nitrogens with one attached hydrogen (secondary N) is 1. The zero-order valence-corrected chi connectivity index (χ0v) is 16.1. The average molecular weight is 416 g/mol. The second-order valence-electron chi connectivity index (χ2n) is 6.21. The monoisotopic (exact) mass is 416 g/mol. The molecule has 0 fully saturated rings. The molecule has 0 aliphatic heterocycles. The smallest absolute Gasteiger partial charge is 0.245 e. The van der Waals surface area contributed by atoms with Crippen molar-refractivity contribution < 1.29 is 18.4 Å². The highest BCUT2D eigenvalue weighted by molar-refractivity contribution is 7.14. The van der Waals surface area contributed by atoms with Crippen LogP contribution in [-0.2, 0) is 9.59 Å². The van der Waals surface area contributed by atoms with Crippen LogP contribution < -0.4 is 16.0 Å². The van der Waals surface area contributed by atoms with Crippen LogP contribution in [0.5, 0.6) is 0 Å². The van der Waals surface area contributed by atoms with Gasteiger partial charge in [0.2, 0.25) is 11.8 Å². The number of carbonyl (C=O) groups is 2. The van der Waals surface area contributed by atoms with E-state index in [1.54, 1.807) is 22.4 Å². The zero-order valence-electron chi connectivity index (χ0n) is 15.3. The molecule has 3 aromatic rings. The van der Waals surface area contributed by atoms with E-state index in [2.05, 4.69) is 10.3 Å². The number of rotatable bonds is 8. The summed E-state index contributed by atoms with van der Waals surface area (Å²) in [6.07, 6.45) is 0.0522. The first-order valence-corrected chi connectivity index (χ1v) is 9.59. The molecule has 29 heavy (non-hydrogen) atoms. The van der Waals surface area contributed by atoms with Gasteiger partial charge in [-0.05, 0) is 48.5 Å². The molecule has 0 saturated heterocycles. The Morgan fingerprint density at radius 3 is 2.28 bits per heavy atom. The second kappa shape index (κ2) is 9.24. The highest BCUT2D eigenvalue weighted by atomic mass is 32.1. The zero-order chi connectivity index (χ0) is 20.8. The van der Waals surface area contributed by atoms with Crippen molar-refractivity contribution in [1.82, 2.24) is 4.98 Å². The lowest BCUT2D eigenvalue weighted by molar-refractivity contribution is -0.118. The van der Waals surface area contributed by atoms with Gasteiger partial charge in [0.05, 0.1) is 12.2 Å². The van der Waals surface area contributed by atoms with Crippen molar-refractivity contribution in [3.8, 4) is 11.3 Å². The molecule has 2 aromatic carbocycles. The van der Waals surface area contributed by atoms with Crippen LogP contribution in [0.2, 0.25) is 0 Å². The van der Waals surface area contributed by atoms with Gasteiger partial charge in [-0.2, -0.15) is 0 Å². The Morgan fingerprint density at radius 2 is 1.66 bits per heavy atom. The molecule has 6 nitrogen and oxygen atoms in total. The lowest BCUT2D eigenvalue weighted by Crippen LogP contribution is -2.35. The minimum absolute atomic E-state index is 0.0522. The predicted octanol–water partition coefficient (Wildman–Crippen LogP) is 3.41. The minimum Gasteiger partial charge on any atom is -0.370 e. The number of halogens is 2. The van der Waals surface area contributed by atoms with Crippen LogP contribution in [0, 0.1) is 11.6 Å². The van der Waals surface area contributed by atoms with Crippen LogP contribution in [0.4, 0.5) is 19.6 Å². The molecule has 0 aliphatic carbocycles. The Labute approximate surface area is 170 Å². The number of primary amides is 1. The van der Waals surface area contributed by atoms with Crippen molar-refractivity contribution in [2.75, 3.05) is 23.3 Å². The summed E-state index contributed by atoms with van der Waals surface area (Å²) in [6, 6.07) is 11.5. The fourth-order valence-corrected chi connectivity index (χ4v) is 3.35. The van der Waals surface area contributed by atoms with Gasteiger partial charge in [0, 0.05) is 29.6 Å². The molecule has 1 aromatic heterocycles. The maximum atomic E-state index is 13.2. The summed E-state index contributed by atoms with van der Waals surface area (Å²) >= 11 is 1.24. The van der Waals surface area contributed by atoms with E-state index < -0.39 is 11.7 Å². The second-order valence-corrected chi connectivity index (χ2v) is 7.07. The third-order valence-electron chi connectivity index (χ3n) is 4.04. The number of nitrogens with zero attached hydrogens (tertiary/aromatic N) is 2. The number of nitrogens with two attached hydrogens (primary N) is 1. The van der Waals surface area contributed by atoms with Crippen LogP contribution in [-0.4, -0.2) is 29.9 Å². The molecule has 0 atom stereocenters. The molecular weight excluding hydrogens is 398 g/mol. The van der Waals surface area contributed by atoms with Crippen molar-refractivity contribution in [3.63, 3.8) is 0 Å². The number of amides is 2. The molecule has 150 valence electrons. The van der Waals surface area contributed by atoms with Gasteiger partial charge in [-0.1, -0.05) is 0 Å². The summed E-state index contributed by atoms with van der Waals surface area (Å²) in [6.45, 7) is 0.150. The fraction of sp³-hybridized carbons (Fsp3) is 0.150. The molecule has 0 saturated carbocycles. The summed E-state index contributed by atoms with van der Waals surface area (Å²) in [5.74, 6) is -1.58. The lowest BCUT2D eigenvalue weighted by atomic mass is 10.2. The lowest BCUT2D eigenvalue weighted by Gasteiger charge is -2.23. The third kappa shape index (κ3) is 5.82. The van der Waals surface area contributed by atoms with Crippen molar-refractivity contribution in [1.29, 1.82) is 0 Å². The topological polar surface area (TPSA) is 88.3 Å². The van der Waals surface area contributed by atoms with Gasteiger partial charge in [0.25, 0.3) is 0 Å². The predicted molar refractivity (Wildman–Crippen MR) is 109 cm³/mol. The van der Waals surface area contributed by atoms with Crippen LogP contribution in [0.15, 0.2) is 53.9 Å². The van der Waals surface area contributed by atoms with Crippen LogP contribution in [0.3, 0.4) is 0 Å². The maximum Gasteiger partial charge on any atom is 0.245 e. The van der Waals surface area contributed by atoms with Gasteiger partial charge in [0.15, 0.2) is 5.13 Å². The maximum absolute atomic E-state index is 13.2. The Kier molecular flexibility index (Phi) is 6.50. The summed E-state index contributed by atoms with van der Waals surface area (Å²) in [4.78, 5) is 29.6. The first kappa shape index (κ1) is 20.4. The molecule has 0 bridgehead atoms. The van der Waals surface area contributed by atoms with Gasteiger partial charge in [0.1, 0.15) is 11.6 Å². The van der Waals surface area contributed by atoms with Gasteiger partial charge >= 0.3 is 0 Å². The van der Waals surface area contributed by atoms with Crippen LogP contribution >= 0.6 is 11.3 Å². The summed E-state index contributed by atoms with van der Waals surface area (Å²) < 4.78 is 26.2. The van der Waals surface area contributed by atoms with Crippen LogP contribution in [0.25, 0.3) is 11.3 Å². The van der Waals surface area contributed by atoms with Crippen molar-refractivity contribution >= 4 is 34.0 Å². The average Bonchev–Trinajstić information content (AvgIpc) is 3.14. The molecule has 2 amide bonds. The molecular formula is C20H18F2N4O2S. The van der Waals surface area contributed by atoms with E-state index in [-0.39, 0.29) is 31.2 Å². The van der Waals surface area contributed by atoms with Gasteiger partial charge < -0.3 is 16.0 Å². The number of thiazole rings is 1. The van der Waals surface area contributed by atoms with Gasteiger partial charge in [-0.25, -0.2) is 13.8 Å². The molecule has 3 rings (SSSR count). The van der Waals surface area contributed by atoms with E-state index in [9.17, 15) is 18.4 Å². The van der Waals surface area contributed by atoms with Gasteiger partial charge in [-0.15, -0.1) is 11.3 Å². The van der Waals surface area contributed by atoms with Crippen molar-refractivity contribution in [2.45, 2.75) is 6.42 Å². The molecule has 1 heterocycles. The minimum atomic E-state index is -0.499. The first-order valence-electron chi connectivity index (χ1n) is 8.71. The summed E-state index contributed by atoms with van der Waals surface area (Å²) in [5.41, 5.74) is 7.15. The molecule has 0 aliphatic rings. The van der Waals surface area contributed by atoms with E-state index in [1.807, 2.05) is 0 Å². The Balaban J connectivity index is 1.67. The molecule has 0 radical (unpaired) electrons. The fourth-order valence-electron chi connectivity index (χ4n) is 2.61. The molecule has 3 N–H and O–H groups in total. The van der Waals surface area contributed by atoms with Gasteiger partial charge in [-0.3, -0.25) is 9.59 Å². The summed E-state index contributed by atoms with van der Waals surface area (Å²) in [7, 11) is 0. The van der Waals surface area contributed by atoms with Crippen molar-refractivity contribution in [2.24, 2.45) is 5.73 Å². The van der Waals surface area contributed by atoms with E-state index in [0.29, 0.717) is 16.5 Å². The number of benzene rings is 2. The van der Waals surface area contributed by atoms with E-state index >= 15 is 0 Å². The number of aromatic nitrogens is 1. The van der Waals surface area contributed by atoms with E-state index in [0.717, 1.165) is 5.56 Å². The quantitative estimate of drug-likeness (QED) is 0.589. The highest BCUT2D eigenvalue weighted by Crippen LogP contribution is 2.25. The Hall–Kier alpha value is -3.33. The normalized spacial score (nSPS) is 10.6. The Morgan fingerprint density at radius 1 is 1.03 bits per heavy atom. The van der Waals surface area contributed by atoms with Crippen LogP contribution in [0.1, 0.15) is 6.42 Å². The molecule has 0 unspecified atom stereocenters. The number of hydrogen-bond acceptors (Lipinski definition) is 5. The third-order valence-corrected chi connectivity index (χ3v) is 4.80. The molecule has 0 spiro atoms. The number of anilines is 2. The summed E-state index contributed by atoms with van der Waals surface area (Å²) in [5, 5.41) is 4.85. The van der Waals surface area contributed by atoms with E-state index in [1.165, 1.54) is 47.7 Å². The SMILES string of the molecule is NC(=O)CCN(CC(=O)Nc1nc(-c2ccc(F)cc2)cs1)c1ccc(F)cc1. The number of carbonyl (C=O) groups excluding carboxylic acids is 2. The molecule has 9 heteroatoms.